The summed E-state index contributed by atoms with van der Waals surface area (Å²) in [6, 6.07) is 1.39. The average molecular weight is 226 g/mol. The van der Waals surface area contributed by atoms with Crippen LogP contribution in [0.25, 0.3) is 0 Å². The van der Waals surface area contributed by atoms with E-state index in [4.69, 9.17) is 0 Å². The highest BCUT2D eigenvalue weighted by Crippen LogP contribution is 2.27. The van der Waals surface area contributed by atoms with Gasteiger partial charge in [-0.15, -0.1) is 0 Å². The zero-order valence-electron chi connectivity index (χ0n) is 10.5. The lowest BCUT2D eigenvalue weighted by Gasteiger charge is -2.43. The predicted molar refractivity (Wildman–Crippen MR) is 66.5 cm³/mol. The summed E-state index contributed by atoms with van der Waals surface area (Å²) in [5.74, 6) is 0.521. The molecule has 2 fully saturated rings. The molecule has 0 aromatic heterocycles. The largest absolute Gasteiger partial charge is 0.396 e. The number of aliphatic hydroxyl groups is 1. The fourth-order valence-electron chi connectivity index (χ4n) is 3.43. The topological polar surface area (TPSA) is 35.5 Å². The number of rotatable bonds is 3. The maximum Gasteiger partial charge on any atom is 0.0471 e. The van der Waals surface area contributed by atoms with Gasteiger partial charge in [-0.3, -0.25) is 4.90 Å². The van der Waals surface area contributed by atoms with Gasteiger partial charge in [0, 0.05) is 25.2 Å². The average Bonchev–Trinajstić information content (AvgIpc) is 2.38. The lowest BCUT2D eigenvalue weighted by molar-refractivity contribution is 0.0574. The van der Waals surface area contributed by atoms with Gasteiger partial charge in [-0.05, 0) is 45.2 Å². The molecule has 0 unspecified atom stereocenters. The van der Waals surface area contributed by atoms with Crippen LogP contribution in [0.3, 0.4) is 0 Å². The van der Waals surface area contributed by atoms with Crippen LogP contribution in [-0.4, -0.2) is 48.8 Å². The Balaban J connectivity index is 1.93. The Labute approximate surface area is 99.2 Å². The van der Waals surface area contributed by atoms with Gasteiger partial charge >= 0.3 is 0 Å². The Kier molecular flexibility index (Phi) is 4.62. The number of piperidine rings is 1. The number of likely N-dealkylation sites (tertiary alicyclic amines) is 1. The van der Waals surface area contributed by atoms with E-state index in [0.717, 1.165) is 6.54 Å². The molecule has 2 N–H and O–H groups in total. The third-order valence-corrected chi connectivity index (χ3v) is 4.38. The van der Waals surface area contributed by atoms with E-state index in [0.29, 0.717) is 24.6 Å². The van der Waals surface area contributed by atoms with Gasteiger partial charge in [0.1, 0.15) is 0 Å². The first-order valence-electron chi connectivity index (χ1n) is 6.87. The smallest absolute Gasteiger partial charge is 0.0471 e. The number of nitrogens with zero attached hydrogens (tertiary/aromatic N) is 1. The van der Waals surface area contributed by atoms with Crippen molar-refractivity contribution < 1.29 is 5.11 Å². The molecule has 0 aromatic carbocycles. The molecule has 2 aliphatic rings. The standard InChI is InChI=1S/C13H26N2O/c1-14-12-6-2-3-7-13(12)15-8-4-5-11(9-15)10-16/h11-14,16H,2-10H2,1H3/t11-,12+,13+/m1/s1. The molecule has 94 valence electrons. The summed E-state index contributed by atoms with van der Waals surface area (Å²) in [5.41, 5.74) is 0. The normalized spacial score (nSPS) is 37.5. The Hall–Kier alpha value is -0.120. The minimum Gasteiger partial charge on any atom is -0.396 e. The van der Waals surface area contributed by atoms with E-state index in [-0.39, 0.29) is 0 Å². The first kappa shape index (κ1) is 12.3. The van der Waals surface area contributed by atoms with E-state index >= 15 is 0 Å². The fraction of sp³-hybridized carbons (Fsp3) is 1.00. The van der Waals surface area contributed by atoms with Crippen molar-refractivity contribution in [2.75, 3.05) is 26.7 Å². The van der Waals surface area contributed by atoms with Crippen LogP contribution in [0, 0.1) is 5.92 Å². The first-order chi connectivity index (χ1) is 7.85. The minimum atomic E-state index is 0.368. The third kappa shape index (κ3) is 2.76. The zero-order chi connectivity index (χ0) is 11.4. The maximum absolute atomic E-state index is 9.29. The second kappa shape index (κ2) is 5.99. The van der Waals surface area contributed by atoms with Crippen molar-refractivity contribution in [1.29, 1.82) is 0 Å². The molecular weight excluding hydrogens is 200 g/mol. The van der Waals surface area contributed by atoms with E-state index < -0.39 is 0 Å². The molecule has 0 radical (unpaired) electrons. The first-order valence-corrected chi connectivity index (χ1v) is 6.87. The van der Waals surface area contributed by atoms with Gasteiger partial charge in [0.2, 0.25) is 0 Å². The highest BCUT2D eigenvalue weighted by molar-refractivity contribution is 4.89. The molecule has 1 heterocycles. The van der Waals surface area contributed by atoms with Crippen LogP contribution in [0.2, 0.25) is 0 Å². The molecule has 1 aliphatic carbocycles. The van der Waals surface area contributed by atoms with E-state index in [1.165, 1.54) is 45.1 Å². The summed E-state index contributed by atoms with van der Waals surface area (Å²) >= 11 is 0. The van der Waals surface area contributed by atoms with Crippen molar-refractivity contribution in [2.45, 2.75) is 50.6 Å². The second-order valence-electron chi connectivity index (χ2n) is 5.43. The summed E-state index contributed by atoms with van der Waals surface area (Å²) in [4.78, 5) is 2.63. The summed E-state index contributed by atoms with van der Waals surface area (Å²) in [6.45, 7) is 2.71. The summed E-state index contributed by atoms with van der Waals surface area (Å²) < 4.78 is 0. The molecule has 1 aliphatic heterocycles. The molecule has 3 atom stereocenters. The van der Waals surface area contributed by atoms with Crippen LogP contribution in [0.4, 0.5) is 0 Å². The lowest BCUT2D eigenvalue weighted by Crippen LogP contribution is -2.53. The van der Waals surface area contributed by atoms with Crippen molar-refractivity contribution >= 4 is 0 Å². The van der Waals surface area contributed by atoms with Gasteiger partial charge < -0.3 is 10.4 Å². The highest BCUT2D eigenvalue weighted by Gasteiger charge is 2.31. The molecule has 3 heteroatoms. The molecule has 16 heavy (non-hydrogen) atoms. The van der Waals surface area contributed by atoms with Gasteiger partial charge in [-0.1, -0.05) is 12.8 Å². The van der Waals surface area contributed by atoms with Crippen LogP contribution in [0.1, 0.15) is 38.5 Å². The van der Waals surface area contributed by atoms with Crippen LogP contribution in [0.15, 0.2) is 0 Å². The molecule has 2 rings (SSSR count). The van der Waals surface area contributed by atoms with Crippen molar-refractivity contribution in [3.63, 3.8) is 0 Å². The Bertz CT molecular complexity index is 210. The fourth-order valence-corrected chi connectivity index (χ4v) is 3.43. The Morgan fingerprint density at radius 3 is 2.75 bits per heavy atom. The van der Waals surface area contributed by atoms with Gasteiger partial charge in [-0.25, -0.2) is 0 Å². The molecule has 0 spiro atoms. The number of nitrogens with one attached hydrogen (secondary N) is 1. The van der Waals surface area contributed by atoms with Gasteiger partial charge in [0.15, 0.2) is 0 Å². The predicted octanol–water partition coefficient (Wildman–Crippen LogP) is 1.22. The summed E-state index contributed by atoms with van der Waals surface area (Å²) in [5, 5.41) is 12.8. The van der Waals surface area contributed by atoms with Gasteiger partial charge in [0.05, 0.1) is 0 Å². The molecule has 1 saturated heterocycles. The van der Waals surface area contributed by atoms with Crippen LogP contribution < -0.4 is 5.32 Å². The summed E-state index contributed by atoms with van der Waals surface area (Å²) in [7, 11) is 2.09. The number of likely N-dealkylation sites (N-methyl/N-ethyl adjacent to an activating group) is 1. The number of hydrogen-bond acceptors (Lipinski definition) is 3. The minimum absolute atomic E-state index is 0.368. The maximum atomic E-state index is 9.29. The lowest BCUT2D eigenvalue weighted by atomic mass is 9.87. The molecule has 1 saturated carbocycles. The molecular formula is C13H26N2O. The number of aliphatic hydroxyl groups excluding tert-OH is 1. The zero-order valence-corrected chi connectivity index (χ0v) is 10.5. The van der Waals surface area contributed by atoms with Gasteiger partial charge in [-0.2, -0.15) is 0 Å². The molecule has 0 amide bonds. The van der Waals surface area contributed by atoms with Crippen molar-refractivity contribution in [3.05, 3.63) is 0 Å². The van der Waals surface area contributed by atoms with Crippen LogP contribution in [-0.2, 0) is 0 Å². The van der Waals surface area contributed by atoms with E-state index in [1.807, 2.05) is 0 Å². The van der Waals surface area contributed by atoms with Crippen molar-refractivity contribution in [2.24, 2.45) is 5.92 Å². The van der Waals surface area contributed by atoms with E-state index in [9.17, 15) is 5.11 Å². The van der Waals surface area contributed by atoms with E-state index in [1.54, 1.807) is 0 Å². The van der Waals surface area contributed by atoms with Crippen LogP contribution >= 0.6 is 0 Å². The molecule has 3 nitrogen and oxygen atoms in total. The van der Waals surface area contributed by atoms with E-state index in [2.05, 4.69) is 17.3 Å². The Morgan fingerprint density at radius 2 is 2.00 bits per heavy atom. The SMILES string of the molecule is CN[C@H]1CCCC[C@@H]1N1CCC[C@@H](CO)C1. The van der Waals surface area contributed by atoms with Crippen molar-refractivity contribution in [1.82, 2.24) is 10.2 Å². The molecule has 0 aromatic rings. The summed E-state index contributed by atoms with van der Waals surface area (Å²) in [6.07, 6.45) is 7.88. The Morgan fingerprint density at radius 1 is 1.19 bits per heavy atom. The third-order valence-electron chi connectivity index (χ3n) is 4.38. The van der Waals surface area contributed by atoms with Crippen LogP contribution in [0.5, 0.6) is 0 Å². The quantitative estimate of drug-likeness (QED) is 0.759. The second-order valence-corrected chi connectivity index (χ2v) is 5.43. The van der Waals surface area contributed by atoms with Crippen molar-refractivity contribution in [3.8, 4) is 0 Å². The highest BCUT2D eigenvalue weighted by atomic mass is 16.3. The number of hydrogen-bond donors (Lipinski definition) is 2. The monoisotopic (exact) mass is 226 g/mol. The molecule has 0 bridgehead atoms. The van der Waals surface area contributed by atoms with Gasteiger partial charge in [0.25, 0.3) is 0 Å².